The Balaban J connectivity index is 1.25. The van der Waals surface area contributed by atoms with Crippen molar-refractivity contribution in [1.82, 2.24) is 0 Å². The van der Waals surface area contributed by atoms with Crippen LogP contribution in [0.5, 0.6) is 5.75 Å². The van der Waals surface area contributed by atoms with Crippen molar-refractivity contribution in [1.29, 1.82) is 0 Å². The Bertz CT molecular complexity index is 1580. The standard InChI is InChI=1S/C33H32N2O5S2/c1-3-40-33(38)30-27-16-15-22(21-9-5-4-6-10-21)18-28(27)42-32(30)35-29(36)20-41-26-14-8-12-24(19-26)34-31(37)23-11-7-13-25(17-23)39-2/h4-14,17,19,22H,3,15-16,18,20H2,1-2H3,(H,34,37)(H,35,36). The van der Waals surface area contributed by atoms with E-state index in [1.165, 1.54) is 28.7 Å². The molecule has 1 aliphatic carbocycles. The average Bonchev–Trinajstić information content (AvgIpc) is 3.37. The number of thioether (sulfide) groups is 1. The third kappa shape index (κ3) is 7.03. The fourth-order valence-corrected chi connectivity index (χ4v) is 7.13. The molecule has 0 radical (unpaired) electrons. The van der Waals surface area contributed by atoms with Gasteiger partial charge in [-0.3, -0.25) is 9.59 Å². The minimum Gasteiger partial charge on any atom is -0.497 e. The summed E-state index contributed by atoms with van der Waals surface area (Å²) < 4.78 is 10.6. The highest BCUT2D eigenvalue weighted by atomic mass is 32.2. The van der Waals surface area contributed by atoms with Crippen molar-refractivity contribution in [2.24, 2.45) is 0 Å². The number of rotatable bonds is 10. The van der Waals surface area contributed by atoms with Crippen LogP contribution >= 0.6 is 23.1 Å². The van der Waals surface area contributed by atoms with E-state index in [0.717, 1.165) is 34.6 Å². The van der Waals surface area contributed by atoms with Gasteiger partial charge in [0.1, 0.15) is 10.8 Å². The number of carbonyl (C=O) groups excluding carboxylic acids is 3. The summed E-state index contributed by atoms with van der Waals surface area (Å²) in [7, 11) is 1.56. The van der Waals surface area contributed by atoms with Gasteiger partial charge < -0.3 is 20.1 Å². The van der Waals surface area contributed by atoms with E-state index in [0.29, 0.717) is 33.5 Å². The molecule has 2 N–H and O–H groups in total. The maximum atomic E-state index is 13.1. The molecule has 5 rings (SSSR count). The molecule has 7 nitrogen and oxygen atoms in total. The number of ether oxygens (including phenoxy) is 2. The van der Waals surface area contributed by atoms with Gasteiger partial charge in [0, 0.05) is 21.0 Å². The molecule has 42 heavy (non-hydrogen) atoms. The van der Waals surface area contributed by atoms with Crippen molar-refractivity contribution in [3.05, 3.63) is 106 Å². The van der Waals surface area contributed by atoms with E-state index in [2.05, 4.69) is 34.9 Å². The van der Waals surface area contributed by atoms with Crippen molar-refractivity contribution in [3.63, 3.8) is 0 Å². The van der Waals surface area contributed by atoms with E-state index in [1.807, 2.05) is 24.3 Å². The number of methoxy groups -OCH3 is 1. The van der Waals surface area contributed by atoms with Crippen LogP contribution in [0, 0.1) is 0 Å². The largest absolute Gasteiger partial charge is 0.497 e. The van der Waals surface area contributed by atoms with Crippen LogP contribution in [0.2, 0.25) is 0 Å². The highest BCUT2D eigenvalue weighted by Crippen LogP contribution is 2.43. The summed E-state index contributed by atoms with van der Waals surface area (Å²) >= 11 is 2.83. The average molecular weight is 601 g/mol. The Kier molecular flexibility index (Phi) is 9.61. The normalized spacial score (nSPS) is 14.0. The summed E-state index contributed by atoms with van der Waals surface area (Å²) in [6.45, 7) is 2.05. The number of hydrogen-bond donors (Lipinski definition) is 2. The summed E-state index contributed by atoms with van der Waals surface area (Å²) in [6, 6.07) is 24.7. The van der Waals surface area contributed by atoms with Gasteiger partial charge in [0.15, 0.2) is 0 Å². The van der Waals surface area contributed by atoms with Crippen LogP contribution in [-0.2, 0) is 22.4 Å². The first-order valence-electron chi connectivity index (χ1n) is 13.8. The number of hydrogen-bond acceptors (Lipinski definition) is 7. The second-order valence-electron chi connectivity index (χ2n) is 9.83. The Morgan fingerprint density at radius 3 is 2.57 bits per heavy atom. The van der Waals surface area contributed by atoms with Crippen LogP contribution in [0.25, 0.3) is 0 Å². The van der Waals surface area contributed by atoms with Gasteiger partial charge in [-0.05, 0) is 79.6 Å². The van der Waals surface area contributed by atoms with E-state index < -0.39 is 5.97 Å². The van der Waals surface area contributed by atoms with Gasteiger partial charge in [0.25, 0.3) is 5.91 Å². The molecule has 1 aromatic heterocycles. The topological polar surface area (TPSA) is 93.7 Å². The number of benzene rings is 3. The molecule has 0 aliphatic heterocycles. The third-order valence-electron chi connectivity index (χ3n) is 7.06. The predicted molar refractivity (Wildman–Crippen MR) is 168 cm³/mol. The summed E-state index contributed by atoms with van der Waals surface area (Å²) in [5, 5.41) is 6.43. The fourth-order valence-electron chi connectivity index (χ4n) is 5.05. The number of thiophene rings is 1. The molecule has 0 bridgehead atoms. The van der Waals surface area contributed by atoms with Crippen molar-refractivity contribution >= 4 is 51.6 Å². The molecule has 0 spiro atoms. The number of nitrogens with one attached hydrogen (secondary N) is 2. The van der Waals surface area contributed by atoms with Gasteiger partial charge in [-0.1, -0.05) is 42.5 Å². The van der Waals surface area contributed by atoms with Crippen LogP contribution in [0.3, 0.4) is 0 Å². The lowest BCUT2D eigenvalue weighted by Gasteiger charge is -2.23. The van der Waals surface area contributed by atoms with Crippen LogP contribution in [0.15, 0.2) is 83.8 Å². The third-order valence-corrected chi connectivity index (χ3v) is 9.23. The van der Waals surface area contributed by atoms with Gasteiger partial charge in [-0.15, -0.1) is 23.1 Å². The van der Waals surface area contributed by atoms with Crippen molar-refractivity contribution < 1.29 is 23.9 Å². The quantitative estimate of drug-likeness (QED) is 0.148. The fraction of sp³-hybridized carbons (Fsp3) is 0.242. The van der Waals surface area contributed by atoms with Gasteiger partial charge in [-0.2, -0.15) is 0 Å². The Hall–Kier alpha value is -4.08. The number of anilines is 2. The molecule has 1 aliphatic rings. The van der Waals surface area contributed by atoms with Gasteiger partial charge in [0.05, 0.1) is 25.0 Å². The zero-order chi connectivity index (χ0) is 29.5. The van der Waals surface area contributed by atoms with Crippen molar-refractivity contribution in [3.8, 4) is 5.75 Å². The zero-order valence-corrected chi connectivity index (χ0v) is 25.1. The lowest BCUT2D eigenvalue weighted by atomic mass is 9.83. The number of fused-ring (bicyclic) bond motifs is 1. The lowest BCUT2D eigenvalue weighted by molar-refractivity contribution is -0.113. The Labute approximate surface area is 253 Å². The highest BCUT2D eigenvalue weighted by molar-refractivity contribution is 8.00. The summed E-state index contributed by atoms with van der Waals surface area (Å²) in [6.07, 6.45) is 2.53. The molecule has 1 heterocycles. The minimum absolute atomic E-state index is 0.144. The van der Waals surface area contributed by atoms with Gasteiger partial charge in [0.2, 0.25) is 5.91 Å². The zero-order valence-electron chi connectivity index (χ0n) is 23.5. The van der Waals surface area contributed by atoms with E-state index >= 15 is 0 Å². The smallest absolute Gasteiger partial charge is 0.341 e. The molecule has 0 saturated carbocycles. The van der Waals surface area contributed by atoms with Crippen LogP contribution in [0.1, 0.15) is 56.0 Å². The SMILES string of the molecule is CCOC(=O)c1c(NC(=O)CSc2cccc(NC(=O)c3cccc(OC)c3)c2)sc2c1CCC(c1ccccc1)C2. The molecule has 1 unspecified atom stereocenters. The maximum absolute atomic E-state index is 13.1. The first-order chi connectivity index (χ1) is 20.4. The second-order valence-corrected chi connectivity index (χ2v) is 12.0. The molecule has 3 aromatic carbocycles. The summed E-state index contributed by atoms with van der Waals surface area (Å²) in [5.74, 6) is 0.265. The molecular weight excluding hydrogens is 569 g/mol. The Morgan fingerprint density at radius 1 is 0.976 bits per heavy atom. The highest BCUT2D eigenvalue weighted by Gasteiger charge is 2.30. The Morgan fingerprint density at radius 2 is 1.79 bits per heavy atom. The van der Waals surface area contributed by atoms with Crippen LogP contribution < -0.4 is 15.4 Å². The summed E-state index contributed by atoms with van der Waals surface area (Å²) in [4.78, 5) is 40.7. The molecule has 0 fully saturated rings. The van der Waals surface area contributed by atoms with E-state index in [-0.39, 0.29) is 24.2 Å². The minimum atomic E-state index is -0.393. The summed E-state index contributed by atoms with van der Waals surface area (Å²) in [5.41, 5.74) is 3.88. The van der Waals surface area contributed by atoms with E-state index in [1.54, 1.807) is 44.4 Å². The molecule has 216 valence electrons. The first kappa shape index (κ1) is 29.4. The van der Waals surface area contributed by atoms with Crippen molar-refractivity contribution in [2.75, 3.05) is 30.1 Å². The van der Waals surface area contributed by atoms with Crippen LogP contribution in [0.4, 0.5) is 10.7 Å². The number of esters is 1. The number of carbonyl (C=O) groups is 3. The molecule has 4 aromatic rings. The van der Waals surface area contributed by atoms with Gasteiger partial charge >= 0.3 is 5.97 Å². The predicted octanol–water partition coefficient (Wildman–Crippen LogP) is 7.19. The van der Waals surface area contributed by atoms with Gasteiger partial charge in [-0.25, -0.2) is 4.79 Å². The van der Waals surface area contributed by atoms with E-state index in [4.69, 9.17) is 9.47 Å². The molecular formula is C33H32N2O5S2. The first-order valence-corrected chi connectivity index (χ1v) is 15.6. The molecule has 0 saturated heterocycles. The molecule has 2 amide bonds. The monoisotopic (exact) mass is 600 g/mol. The molecule has 1 atom stereocenters. The van der Waals surface area contributed by atoms with E-state index in [9.17, 15) is 14.4 Å². The lowest BCUT2D eigenvalue weighted by Crippen LogP contribution is -2.18. The van der Waals surface area contributed by atoms with Crippen LogP contribution in [-0.4, -0.2) is 37.3 Å². The molecule has 9 heteroatoms. The maximum Gasteiger partial charge on any atom is 0.341 e. The number of amides is 2. The second kappa shape index (κ2) is 13.7. The van der Waals surface area contributed by atoms with Crippen molar-refractivity contribution in [2.45, 2.75) is 37.0 Å².